The maximum atomic E-state index is 8.94. The molecule has 2 aromatic rings. The van der Waals surface area contributed by atoms with E-state index in [2.05, 4.69) is 18.3 Å². The molecule has 0 aliphatic carbocycles. The van der Waals surface area contributed by atoms with Crippen LogP contribution in [0, 0.1) is 11.3 Å². The van der Waals surface area contributed by atoms with Crippen LogP contribution in [0.15, 0.2) is 42.5 Å². The fourth-order valence-corrected chi connectivity index (χ4v) is 2.29. The summed E-state index contributed by atoms with van der Waals surface area (Å²) < 4.78 is 0. The fraction of sp³-hybridized carbons (Fsp3) is 0.235. The van der Waals surface area contributed by atoms with Crippen molar-refractivity contribution in [3.05, 3.63) is 58.6 Å². The second kappa shape index (κ2) is 7.09. The van der Waals surface area contributed by atoms with E-state index in [1.807, 2.05) is 36.4 Å². The van der Waals surface area contributed by atoms with Gasteiger partial charge in [0.1, 0.15) is 0 Å². The summed E-state index contributed by atoms with van der Waals surface area (Å²) in [5, 5.41) is 13.0. The molecule has 2 nitrogen and oxygen atoms in total. The van der Waals surface area contributed by atoms with Crippen molar-refractivity contribution < 1.29 is 0 Å². The highest BCUT2D eigenvalue weighted by atomic mass is 35.5. The molecule has 3 heteroatoms. The third-order valence-corrected chi connectivity index (χ3v) is 3.47. The van der Waals surface area contributed by atoms with Gasteiger partial charge in [0.05, 0.1) is 11.6 Å². The first kappa shape index (κ1) is 14.6. The van der Waals surface area contributed by atoms with Crippen LogP contribution in [0.3, 0.4) is 0 Å². The molecule has 0 spiro atoms. The van der Waals surface area contributed by atoms with Crippen molar-refractivity contribution in [1.82, 2.24) is 5.32 Å². The number of halogens is 1. The Morgan fingerprint density at radius 3 is 2.65 bits per heavy atom. The molecule has 0 radical (unpaired) electrons. The van der Waals surface area contributed by atoms with E-state index in [4.69, 9.17) is 16.9 Å². The number of nitrogens with zero attached hydrogens (tertiary/aromatic N) is 1. The molecule has 0 atom stereocenters. The van der Waals surface area contributed by atoms with Gasteiger partial charge in [-0.3, -0.25) is 0 Å². The van der Waals surface area contributed by atoms with Crippen molar-refractivity contribution >= 4 is 11.6 Å². The van der Waals surface area contributed by atoms with Gasteiger partial charge in [0, 0.05) is 11.6 Å². The van der Waals surface area contributed by atoms with Crippen LogP contribution in [0.4, 0.5) is 0 Å². The van der Waals surface area contributed by atoms with Gasteiger partial charge in [-0.2, -0.15) is 5.26 Å². The fourth-order valence-electron chi connectivity index (χ4n) is 2.04. The molecule has 0 unspecified atom stereocenters. The lowest BCUT2D eigenvalue weighted by molar-refractivity contribution is 0.675. The Bertz CT molecular complexity index is 629. The average Bonchev–Trinajstić information content (AvgIpc) is 2.49. The van der Waals surface area contributed by atoms with Gasteiger partial charge in [0.15, 0.2) is 0 Å². The summed E-state index contributed by atoms with van der Waals surface area (Å²) in [7, 11) is 0. The molecule has 0 aliphatic heterocycles. The van der Waals surface area contributed by atoms with Crippen LogP contribution in [0.5, 0.6) is 0 Å². The van der Waals surface area contributed by atoms with Gasteiger partial charge < -0.3 is 5.32 Å². The van der Waals surface area contributed by atoms with E-state index in [9.17, 15) is 0 Å². The SMILES string of the molecule is CCCNCc1ccc(-c2cccc(C#N)c2)cc1Cl. The smallest absolute Gasteiger partial charge is 0.0991 e. The van der Waals surface area contributed by atoms with Gasteiger partial charge in [-0.1, -0.05) is 42.8 Å². The van der Waals surface area contributed by atoms with Crippen LogP contribution < -0.4 is 5.32 Å². The molecular weight excluding hydrogens is 268 g/mol. The lowest BCUT2D eigenvalue weighted by Gasteiger charge is -2.08. The van der Waals surface area contributed by atoms with Crippen molar-refractivity contribution in [2.75, 3.05) is 6.54 Å². The summed E-state index contributed by atoms with van der Waals surface area (Å²) in [5.74, 6) is 0. The molecule has 2 rings (SSSR count). The minimum absolute atomic E-state index is 0.660. The minimum Gasteiger partial charge on any atom is -0.313 e. The van der Waals surface area contributed by atoms with E-state index in [0.717, 1.165) is 41.2 Å². The Hall–Kier alpha value is -1.82. The first-order chi connectivity index (χ1) is 9.74. The van der Waals surface area contributed by atoms with Gasteiger partial charge >= 0.3 is 0 Å². The molecule has 0 aromatic heterocycles. The highest BCUT2D eigenvalue weighted by molar-refractivity contribution is 6.31. The predicted octanol–water partition coefficient (Wildman–Crippen LogP) is 4.38. The van der Waals surface area contributed by atoms with E-state index in [0.29, 0.717) is 5.56 Å². The van der Waals surface area contributed by atoms with Gasteiger partial charge in [-0.05, 0) is 47.9 Å². The highest BCUT2D eigenvalue weighted by Crippen LogP contribution is 2.26. The highest BCUT2D eigenvalue weighted by Gasteiger charge is 2.04. The molecule has 0 amide bonds. The molecular formula is C17H17ClN2. The monoisotopic (exact) mass is 284 g/mol. The maximum absolute atomic E-state index is 8.94. The molecule has 20 heavy (non-hydrogen) atoms. The second-order valence-electron chi connectivity index (χ2n) is 4.68. The summed E-state index contributed by atoms with van der Waals surface area (Å²) in [6, 6.07) is 15.8. The summed E-state index contributed by atoms with van der Waals surface area (Å²) in [5.41, 5.74) is 3.80. The summed E-state index contributed by atoms with van der Waals surface area (Å²) in [6.45, 7) is 3.91. The van der Waals surface area contributed by atoms with Crippen molar-refractivity contribution in [3.63, 3.8) is 0 Å². The molecule has 102 valence electrons. The van der Waals surface area contributed by atoms with E-state index < -0.39 is 0 Å². The zero-order valence-electron chi connectivity index (χ0n) is 11.5. The number of hydrogen-bond donors (Lipinski definition) is 1. The molecule has 2 aromatic carbocycles. The van der Waals surface area contributed by atoms with E-state index in [1.54, 1.807) is 6.07 Å². The number of hydrogen-bond acceptors (Lipinski definition) is 2. The normalized spacial score (nSPS) is 10.2. The topological polar surface area (TPSA) is 35.8 Å². The standard InChI is InChI=1S/C17H17ClN2/c1-2-8-20-12-16-7-6-15(10-17(16)18)14-5-3-4-13(9-14)11-19/h3-7,9-10,20H,2,8,12H2,1H3. The quantitative estimate of drug-likeness (QED) is 0.827. The van der Waals surface area contributed by atoms with Crippen LogP contribution in [0.2, 0.25) is 5.02 Å². The largest absolute Gasteiger partial charge is 0.313 e. The lowest BCUT2D eigenvalue weighted by Crippen LogP contribution is -2.13. The van der Waals surface area contributed by atoms with E-state index >= 15 is 0 Å². The molecule has 1 N–H and O–H groups in total. The number of rotatable bonds is 5. The predicted molar refractivity (Wildman–Crippen MR) is 83.6 cm³/mol. The molecule has 0 fully saturated rings. The van der Waals surface area contributed by atoms with Crippen LogP contribution in [0.1, 0.15) is 24.5 Å². The molecule has 0 aliphatic rings. The Morgan fingerprint density at radius 1 is 1.15 bits per heavy atom. The number of nitriles is 1. The Kier molecular flexibility index (Phi) is 5.17. The third kappa shape index (κ3) is 3.60. The Morgan fingerprint density at radius 2 is 1.95 bits per heavy atom. The number of nitrogens with one attached hydrogen (secondary N) is 1. The van der Waals surface area contributed by atoms with Gasteiger partial charge in [0.2, 0.25) is 0 Å². The summed E-state index contributed by atoms with van der Waals surface area (Å²) in [4.78, 5) is 0. The average molecular weight is 285 g/mol. The maximum Gasteiger partial charge on any atom is 0.0991 e. The van der Waals surface area contributed by atoms with E-state index in [1.165, 1.54) is 0 Å². The Balaban J connectivity index is 2.22. The van der Waals surface area contributed by atoms with Crippen LogP contribution in [-0.4, -0.2) is 6.54 Å². The Labute approximate surface area is 125 Å². The van der Waals surface area contributed by atoms with Crippen molar-refractivity contribution in [2.24, 2.45) is 0 Å². The van der Waals surface area contributed by atoms with Crippen LogP contribution >= 0.6 is 11.6 Å². The van der Waals surface area contributed by atoms with Gasteiger partial charge in [0.25, 0.3) is 0 Å². The molecule has 0 bridgehead atoms. The molecule has 0 saturated heterocycles. The number of benzene rings is 2. The summed E-state index contributed by atoms with van der Waals surface area (Å²) in [6.07, 6.45) is 1.11. The zero-order chi connectivity index (χ0) is 14.4. The van der Waals surface area contributed by atoms with Gasteiger partial charge in [-0.25, -0.2) is 0 Å². The first-order valence-corrected chi connectivity index (χ1v) is 7.12. The molecule has 0 saturated carbocycles. The van der Waals surface area contributed by atoms with Crippen LogP contribution in [-0.2, 0) is 6.54 Å². The van der Waals surface area contributed by atoms with Crippen molar-refractivity contribution in [1.29, 1.82) is 5.26 Å². The third-order valence-electron chi connectivity index (χ3n) is 3.12. The minimum atomic E-state index is 0.660. The molecule has 0 heterocycles. The van der Waals surface area contributed by atoms with E-state index in [-0.39, 0.29) is 0 Å². The van der Waals surface area contributed by atoms with Crippen LogP contribution in [0.25, 0.3) is 11.1 Å². The summed E-state index contributed by atoms with van der Waals surface area (Å²) >= 11 is 6.33. The van der Waals surface area contributed by atoms with Crippen molar-refractivity contribution in [3.8, 4) is 17.2 Å². The lowest BCUT2D eigenvalue weighted by atomic mass is 10.0. The van der Waals surface area contributed by atoms with Gasteiger partial charge in [-0.15, -0.1) is 0 Å². The van der Waals surface area contributed by atoms with Crippen molar-refractivity contribution in [2.45, 2.75) is 19.9 Å². The second-order valence-corrected chi connectivity index (χ2v) is 5.08. The first-order valence-electron chi connectivity index (χ1n) is 6.74. The zero-order valence-corrected chi connectivity index (χ0v) is 12.2.